The molecule has 140 valence electrons. The van der Waals surface area contributed by atoms with Gasteiger partial charge in [-0.05, 0) is 61.4 Å². The minimum atomic E-state index is -4.07. The number of hydrogen-bond acceptors (Lipinski definition) is 4. The number of sulfonamides is 1. The molecule has 0 aliphatic heterocycles. The van der Waals surface area contributed by atoms with Crippen LogP contribution in [0.15, 0.2) is 53.7 Å². The molecule has 27 heavy (non-hydrogen) atoms. The maximum absolute atomic E-state index is 13.0. The van der Waals surface area contributed by atoms with Gasteiger partial charge in [-0.25, -0.2) is 17.9 Å². The van der Waals surface area contributed by atoms with Crippen molar-refractivity contribution in [3.05, 3.63) is 70.5 Å². The van der Waals surface area contributed by atoms with Crippen LogP contribution in [0.5, 0.6) is 0 Å². The van der Waals surface area contributed by atoms with E-state index in [0.717, 1.165) is 6.07 Å². The van der Waals surface area contributed by atoms with Crippen molar-refractivity contribution in [3.8, 4) is 5.69 Å². The van der Waals surface area contributed by atoms with E-state index < -0.39 is 16.0 Å². The number of halogens is 1. The molecule has 0 aliphatic rings. The van der Waals surface area contributed by atoms with Gasteiger partial charge in [0.25, 0.3) is 10.0 Å². The first kappa shape index (κ1) is 18.9. The van der Waals surface area contributed by atoms with E-state index in [1.165, 1.54) is 16.8 Å². The Morgan fingerprint density at radius 2 is 1.96 bits per heavy atom. The largest absolute Gasteiger partial charge is 0.478 e. The van der Waals surface area contributed by atoms with Gasteiger partial charge < -0.3 is 5.11 Å². The average Bonchev–Trinajstić information content (AvgIpc) is 3.10. The lowest BCUT2D eigenvalue weighted by atomic mass is 10.1. The second-order valence-corrected chi connectivity index (χ2v) is 8.03. The molecule has 0 radical (unpaired) electrons. The molecule has 0 amide bonds. The van der Waals surface area contributed by atoms with E-state index in [9.17, 15) is 18.3 Å². The summed E-state index contributed by atoms with van der Waals surface area (Å²) in [5.41, 5.74) is 1.64. The third-order valence-electron chi connectivity index (χ3n) is 4.11. The zero-order chi connectivity index (χ0) is 19.8. The van der Waals surface area contributed by atoms with Gasteiger partial charge in [0.05, 0.1) is 21.8 Å². The van der Waals surface area contributed by atoms with Crippen molar-refractivity contribution in [1.82, 2.24) is 9.78 Å². The van der Waals surface area contributed by atoms with E-state index in [1.807, 2.05) is 0 Å². The molecule has 0 atom stereocenters. The monoisotopic (exact) mass is 405 g/mol. The number of benzene rings is 2. The highest BCUT2D eigenvalue weighted by molar-refractivity contribution is 7.92. The number of rotatable bonds is 5. The summed E-state index contributed by atoms with van der Waals surface area (Å²) in [5, 5.41) is 13.7. The van der Waals surface area contributed by atoms with Crippen LogP contribution in [0.2, 0.25) is 5.02 Å². The smallest absolute Gasteiger partial charge is 0.335 e. The number of anilines is 1. The summed E-state index contributed by atoms with van der Waals surface area (Å²) in [5.74, 6) is -1.20. The van der Waals surface area contributed by atoms with Crippen LogP contribution in [0.25, 0.3) is 5.69 Å². The average molecular weight is 406 g/mol. The van der Waals surface area contributed by atoms with E-state index in [4.69, 9.17) is 11.6 Å². The molecule has 0 saturated heterocycles. The highest BCUT2D eigenvalue weighted by Crippen LogP contribution is 2.29. The minimum absolute atomic E-state index is 0.100. The summed E-state index contributed by atoms with van der Waals surface area (Å²) in [7, 11) is -4.07. The van der Waals surface area contributed by atoms with Crippen molar-refractivity contribution < 1.29 is 18.3 Å². The molecule has 0 bridgehead atoms. The summed E-state index contributed by atoms with van der Waals surface area (Å²) < 4.78 is 30.0. The summed E-state index contributed by atoms with van der Waals surface area (Å²) in [6, 6.07) is 9.02. The van der Waals surface area contributed by atoms with E-state index in [1.54, 1.807) is 44.4 Å². The van der Waals surface area contributed by atoms with Crippen LogP contribution in [0.3, 0.4) is 0 Å². The fourth-order valence-corrected chi connectivity index (χ4v) is 4.21. The van der Waals surface area contributed by atoms with Crippen molar-refractivity contribution in [2.45, 2.75) is 18.7 Å². The third-order valence-corrected chi connectivity index (χ3v) is 5.84. The molecule has 2 aromatic carbocycles. The predicted molar refractivity (Wildman–Crippen MR) is 102 cm³/mol. The van der Waals surface area contributed by atoms with Gasteiger partial charge in [-0.15, -0.1) is 0 Å². The van der Waals surface area contributed by atoms with Crippen molar-refractivity contribution in [2.24, 2.45) is 0 Å². The van der Waals surface area contributed by atoms with Crippen LogP contribution in [0, 0.1) is 13.8 Å². The zero-order valence-electron chi connectivity index (χ0n) is 14.5. The Bertz CT molecular complexity index is 1130. The molecule has 0 unspecified atom stereocenters. The maximum atomic E-state index is 13.0. The van der Waals surface area contributed by atoms with Crippen LogP contribution in [0.4, 0.5) is 5.69 Å². The molecule has 1 heterocycles. The van der Waals surface area contributed by atoms with Crippen molar-refractivity contribution >= 4 is 33.3 Å². The number of carbonyl (C=O) groups is 1. The van der Waals surface area contributed by atoms with Gasteiger partial charge in [-0.2, -0.15) is 5.10 Å². The molecular weight excluding hydrogens is 390 g/mol. The van der Waals surface area contributed by atoms with Crippen molar-refractivity contribution in [1.29, 1.82) is 0 Å². The fraction of sp³-hybridized carbons (Fsp3) is 0.111. The summed E-state index contributed by atoms with van der Waals surface area (Å²) in [6.45, 7) is 3.29. The lowest BCUT2D eigenvalue weighted by Gasteiger charge is -2.16. The van der Waals surface area contributed by atoms with E-state index in [2.05, 4.69) is 9.82 Å². The molecule has 0 saturated carbocycles. The van der Waals surface area contributed by atoms with Crippen LogP contribution in [-0.4, -0.2) is 29.3 Å². The molecule has 9 heteroatoms. The highest BCUT2D eigenvalue weighted by Gasteiger charge is 2.22. The number of hydrogen-bond donors (Lipinski definition) is 2. The van der Waals surface area contributed by atoms with Gasteiger partial charge in [0, 0.05) is 17.4 Å². The fourth-order valence-electron chi connectivity index (χ4n) is 2.63. The second-order valence-electron chi connectivity index (χ2n) is 5.94. The quantitative estimate of drug-likeness (QED) is 0.674. The first-order valence-electron chi connectivity index (χ1n) is 7.86. The summed E-state index contributed by atoms with van der Waals surface area (Å²) in [4.78, 5) is 11.2. The molecule has 0 spiro atoms. The number of carboxylic acid groups (broad SMARTS) is 1. The van der Waals surface area contributed by atoms with Crippen LogP contribution < -0.4 is 4.72 Å². The van der Waals surface area contributed by atoms with Crippen molar-refractivity contribution in [2.75, 3.05) is 4.72 Å². The van der Waals surface area contributed by atoms with Crippen LogP contribution in [0.1, 0.15) is 21.5 Å². The number of nitrogens with one attached hydrogen (secondary N) is 1. The summed E-state index contributed by atoms with van der Waals surface area (Å²) in [6.07, 6.45) is 3.23. The number of carboxylic acids is 1. The van der Waals surface area contributed by atoms with Crippen LogP contribution >= 0.6 is 11.6 Å². The van der Waals surface area contributed by atoms with Gasteiger partial charge in [-0.1, -0.05) is 11.6 Å². The predicted octanol–water partition coefficient (Wildman–Crippen LogP) is 3.64. The Balaban J connectivity index is 2.12. The third kappa shape index (κ3) is 3.81. The van der Waals surface area contributed by atoms with E-state index in [0.29, 0.717) is 21.8 Å². The Kier molecular flexibility index (Phi) is 4.95. The zero-order valence-corrected chi connectivity index (χ0v) is 16.0. The second kappa shape index (κ2) is 7.05. The van der Waals surface area contributed by atoms with Gasteiger partial charge in [-0.3, -0.25) is 4.72 Å². The van der Waals surface area contributed by atoms with Crippen LogP contribution in [-0.2, 0) is 10.0 Å². The van der Waals surface area contributed by atoms with Gasteiger partial charge >= 0.3 is 5.97 Å². The molecule has 3 rings (SSSR count). The van der Waals surface area contributed by atoms with Gasteiger partial charge in [0.2, 0.25) is 0 Å². The van der Waals surface area contributed by atoms with Gasteiger partial charge in [0.15, 0.2) is 0 Å². The SMILES string of the molecule is Cc1cc(C(=O)O)cc(S(=O)(=O)Nc2cc(Cl)ccc2-n2cccn2)c1C. The van der Waals surface area contributed by atoms with Crippen molar-refractivity contribution in [3.63, 3.8) is 0 Å². The lowest BCUT2D eigenvalue weighted by molar-refractivity contribution is 0.0696. The number of nitrogens with zero attached hydrogens (tertiary/aromatic N) is 2. The highest BCUT2D eigenvalue weighted by atomic mass is 35.5. The first-order chi connectivity index (χ1) is 12.7. The number of aromatic carboxylic acids is 1. The molecule has 2 N–H and O–H groups in total. The Morgan fingerprint density at radius 1 is 1.22 bits per heavy atom. The molecule has 1 aromatic heterocycles. The van der Waals surface area contributed by atoms with E-state index in [-0.39, 0.29) is 16.1 Å². The topological polar surface area (TPSA) is 101 Å². The number of aryl methyl sites for hydroxylation is 1. The maximum Gasteiger partial charge on any atom is 0.335 e. The molecule has 0 fully saturated rings. The normalized spacial score (nSPS) is 11.4. The Hall–Kier alpha value is -2.84. The minimum Gasteiger partial charge on any atom is -0.478 e. The molecular formula is C18H16ClN3O4S. The molecule has 0 aliphatic carbocycles. The summed E-state index contributed by atoms with van der Waals surface area (Å²) >= 11 is 6.03. The van der Waals surface area contributed by atoms with E-state index >= 15 is 0 Å². The molecule has 3 aromatic rings. The standard InChI is InChI=1S/C18H16ClN3O4S/c1-11-8-13(18(23)24)9-17(12(11)2)27(25,26)21-15-10-14(19)4-5-16(15)22-7-3-6-20-22/h3-10,21H,1-2H3,(H,23,24). The number of aromatic nitrogens is 2. The van der Waals surface area contributed by atoms with Gasteiger partial charge in [0.1, 0.15) is 0 Å². The molecule has 7 nitrogen and oxygen atoms in total. The first-order valence-corrected chi connectivity index (χ1v) is 9.72. The Morgan fingerprint density at radius 3 is 2.59 bits per heavy atom. The Labute approximate surface area is 161 Å². The lowest BCUT2D eigenvalue weighted by Crippen LogP contribution is -2.17.